The Bertz CT molecular complexity index is 264. The van der Waals surface area contributed by atoms with E-state index in [-0.39, 0.29) is 0 Å². The normalized spacial score (nSPS) is 27.9. The number of nitrogens with zero attached hydrogens (tertiary/aromatic N) is 1. The second-order valence-corrected chi connectivity index (χ2v) is 7.36. The number of hydrogen-bond donors (Lipinski definition) is 2. The summed E-state index contributed by atoms with van der Waals surface area (Å²) >= 11 is 0. The molecule has 0 atom stereocenters. The third kappa shape index (κ3) is 4.73. The van der Waals surface area contributed by atoms with Gasteiger partial charge in [0.2, 0.25) is 0 Å². The van der Waals surface area contributed by atoms with Crippen LogP contribution in [0.3, 0.4) is 0 Å². The van der Waals surface area contributed by atoms with Gasteiger partial charge in [0.1, 0.15) is 0 Å². The molecule has 0 unspecified atom stereocenters. The Hall–Kier alpha value is -0.120. The minimum Gasteiger partial charge on any atom is -0.389 e. The van der Waals surface area contributed by atoms with Gasteiger partial charge in [0.25, 0.3) is 0 Å². The van der Waals surface area contributed by atoms with Gasteiger partial charge in [-0.2, -0.15) is 0 Å². The zero-order valence-electron chi connectivity index (χ0n) is 12.9. The van der Waals surface area contributed by atoms with Crippen LogP contribution in [0, 0.1) is 5.41 Å². The molecule has 3 heteroatoms. The molecule has 0 amide bonds. The lowest BCUT2D eigenvalue weighted by Crippen LogP contribution is -2.46. The highest BCUT2D eigenvalue weighted by Crippen LogP contribution is 2.30. The van der Waals surface area contributed by atoms with Crippen molar-refractivity contribution in [2.75, 3.05) is 33.2 Å². The summed E-state index contributed by atoms with van der Waals surface area (Å²) in [5, 5.41) is 14.2. The van der Waals surface area contributed by atoms with Gasteiger partial charge in [0.05, 0.1) is 5.60 Å². The molecule has 0 aromatic carbocycles. The number of rotatable bonds is 4. The Morgan fingerprint density at radius 3 is 2.11 bits per heavy atom. The van der Waals surface area contributed by atoms with Crippen molar-refractivity contribution in [3.05, 3.63) is 0 Å². The number of piperidine rings is 1. The second-order valence-electron chi connectivity index (χ2n) is 7.36. The average Bonchev–Trinajstić information content (AvgIpc) is 2.59. The van der Waals surface area contributed by atoms with E-state index < -0.39 is 5.60 Å². The van der Waals surface area contributed by atoms with Gasteiger partial charge in [-0.25, -0.2) is 0 Å². The van der Waals surface area contributed by atoms with Gasteiger partial charge in [-0.1, -0.05) is 32.6 Å². The van der Waals surface area contributed by atoms with Gasteiger partial charge in [0, 0.05) is 13.1 Å². The van der Waals surface area contributed by atoms with Crippen LogP contribution in [0.1, 0.15) is 58.3 Å². The molecule has 0 bridgehead atoms. The molecule has 2 N–H and O–H groups in total. The Morgan fingerprint density at radius 2 is 1.53 bits per heavy atom. The van der Waals surface area contributed by atoms with Gasteiger partial charge >= 0.3 is 0 Å². The summed E-state index contributed by atoms with van der Waals surface area (Å²) in [5.41, 5.74) is -0.00802. The lowest BCUT2D eigenvalue weighted by atomic mass is 9.80. The Morgan fingerprint density at radius 1 is 0.947 bits per heavy atom. The van der Waals surface area contributed by atoms with Crippen molar-refractivity contribution in [1.82, 2.24) is 10.2 Å². The van der Waals surface area contributed by atoms with Crippen molar-refractivity contribution >= 4 is 0 Å². The van der Waals surface area contributed by atoms with Crippen molar-refractivity contribution in [3.8, 4) is 0 Å². The van der Waals surface area contributed by atoms with Gasteiger partial charge in [-0.15, -0.1) is 0 Å². The van der Waals surface area contributed by atoms with Crippen LogP contribution in [0.5, 0.6) is 0 Å². The van der Waals surface area contributed by atoms with E-state index in [1.54, 1.807) is 0 Å². The minimum absolute atomic E-state index is 0.424. The summed E-state index contributed by atoms with van der Waals surface area (Å²) in [6.07, 6.45) is 9.50. The number of likely N-dealkylation sites (tertiary alicyclic amines) is 1. The molecule has 1 aliphatic heterocycles. The summed E-state index contributed by atoms with van der Waals surface area (Å²) in [4.78, 5) is 2.42. The maximum Gasteiger partial charge on any atom is 0.0771 e. The number of aliphatic hydroxyl groups is 1. The fraction of sp³-hybridized carbons (Fsp3) is 1.00. The molecule has 1 saturated carbocycles. The molecule has 0 aromatic rings. The molecule has 2 aliphatic rings. The van der Waals surface area contributed by atoms with Crippen molar-refractivity contribution in [3.63, 3.8) is 0 Å². The maximum absolute atomic E-state index is 10.6. The zero-order chi connectivity index (χ0) is 13.8. The average molecular weight is 268 g/mol. The fourth-order valence-electron chi connectivity index (χ4n) is 3.50. The maximum atomic E-state index is 10.6. The Balaban J connectivity index is 1.73. The van der Waals surface area contributed by atoms with E-state index in [4.69, 9.17) is 0 Å². The van der Waals surface area contributed by atoms with Crippen molar-refractivity contribution < 1.29 is 5.11 Å². The molecule has 2 fully saturated rings. The molecule has 0 spiro atoms. The smallest absolute Gasteiger partial charge is 0.0771 e. The lowest BCUT2D eigenvalue weighted by Gasteiger charge is -2.39. The first-order chi connectivity index (χ1) is 9.02. The fourth-order valence-corrected chi connectivity index (χ4v) is 3.50. The Kier molecular flexibility index (Phi) is 5.27. The van der Waals surface area contributed by atoms with Crippen LogP contribution in [0.25, 0.3) is 0 Å². The molecule has 0 aromatic heterocycles. The number of hydrogen-bond acceptors (Lipinski definition) is 3. The highest BCUT2D eigenvalue weighted by Gasteiger charge is 2.31. The molecule has 3 nitrogen and oxygen atoms in total. The van der Waals surface area contributed by atoms with Crippen LogP contribution in [0.15, 0.2) is 0 Å². The summed E-state index contributed by atoms with van der Waals surface area (Å²) in [5.74, 6) is 0. The van der Waals surface area contributed by atoms with Crippen LogP contribution < -0.4 is 5.32 Å². The van der Waals surface area contributed by atoms with E-state index in [1.807, 2.05) is 0 Å². The predicted molar refractivity (Wildman–Crippen MR) is 80.4 cm³/mol. The van der Waals surface area contributed by atoms with E-state index in [0.717, 1.165) is 25.9 Å². The SMILES string of the molecule is CN1CCC(C)(CNCC2(O)CCCCCC2)CC1. The minimum atomic E-state index is -0.432. The van der Waals surface area contributed by atoms with Crippen LogP contribution in [-0.2, 0) is 0 Å². The van der Waals surface area contributed by atoms with E-state index >= 15 is 0 Å². The summed E-state index contributed by atoms with van der Waals surface area (Å²) < 4.78 is 0. The highest BCUT2D eigenvalue weighted by molar-refractivity contribution is 4.87. The van der Waals surface area contributed by atoms with Crippen molar-refractivity contribution in [1.29, 1.82) is 0 Å². The lowest BCUT2D eigenvalue weighted by molar-refractivity contribution is 0.0209. The predicted octanol–water partition coefficient (Wildman–Crippen LogP) is 2.39. The van der Waals surface area contributed by atoms with Gasteiger partial charge in [-0.05, 0) is 51.2 Å². The third-order valence-corrected chi connectivity index (χ3v) is 5.23. The molecule has 1 saturated heterocycles. The molecule has 1 aliphatic carbocycles. The monoisotopic (exact) mass is 268 g/mol. The standard InChI is InChI=1S/C16H32N2O/c1-15(9-11-18(2)12-10-15)13-17-14-16(19)7-5-3-4-6-8-16/h17,19H,3-14H2,1-2H3. The summed E-state index contributed by atoms with van der Waals surface area (Å²) in [6.45, 7) is 6.66. The first-order valence-corrected chi connectivity index (χ1v) is 8.13. The van der Waals surface area contributed by atoms with E-state index in [2.05, 4.69) is 24.2 Å². The van der Waals surface area contributed by atoms with Crippen molar-refractivity contribution in [2.24, 2.45) is 5.41 Å². The molecule has 19 heavy (non-hydrogen) atoms. The van der Waals surface area contributed by atoms with Gasteiger partial charge in [0.15, 0.2) is 0 Å². The highest BCUT2D eigenvalue weighted by atomic mass is 16.3. The summed E-state index contributed by atoms with van der Waals surface area (Å²) in [7, 11) is 2.21. The van der Waals surface area contributed by atoms with E-state index in [9.17, 15) is 5.11 Å². The third-order valence-electron chi connectivity index (χ3n) is 5.23. The molecular formula is C16H32N2O. The van der Waals surface area contributed by atoms with Crippen LogP contribution in [-0.4, -0.2) is 48.8 Å². The van der Waals surface area contributed by atoms with Gasteiger partial charge < -0.3 is 15.3 Å². The first-order valence-electron chi connectivity index (χ1n) is 8.13. The van der Waals surface area contributed by atoms with Crippen LogP contribution >= 0.6 is 0 Å². The molecule has 0 radical (unpaired) electrons. The van der Waals surface area contributed by atoms with Crippen LogP contribution in [0.2, 0.25) is 0 Å². The van der Waals surface area contributed by atoms with E-state index in [1.165, 1.54) is 51.6 Å². The van der Waals surface area contributed by atoms with Crippen LogP contribution in [0.4, 0.5) is 0 Å². The molecule has 1 heterocycles. The first kappa shape index (κ1) is 15.3. The number of nitrogens with one attached hydrogen (secondary N) is 1. The molecule has 112 valence electrons. The quantitative estimate of drug-likeness (QED) is 0.769. The summed E-state index contributed by atoms with van der Waals surface area (Å²) in [6, 6.07) is 0. The zero-order valence-corrected chi connectivity index (χ0v) is 12.9. The molecular weight excluding hydrogens is 236 g/mol. The van der Waals surface area contributed by atoms with E-state index in [0.29, 0.717) is 5.41 Å². The second kappa shape index (κ2) is 6.55. The topological polar surface area (TPSA) is 35.5 Å². The molecule has 2 rings (SSSR count). The largest absolute Gasteiger partial charge is 0.389 e. The van der Waals surface area contributed by atoms with Gasteiger partial charge in [-0.3, -0.25) is 0 Å². The van der Waals surface area contributed by atoms with Crippen molar-refractivity contribution in [2.45, 2.75) is 63.9 Å². The Labute approximate surface area is 118 Å².